The summed E-state index contributed by atoms with van der Waals surface area (Å²) in [6.07, 6.45) is 3.77. The van der Waals surface area contributed by atoms with Gasteiger partial charge in [-0.2, -0.15) is 0 Å². The first-order valence-electron chi connectivity index (χ1n) is 5.19. The van der Waals surface area contributed by atoms with Crippen molar-refractivity contribution in [2.24, 2.45) is 0 Å². The van der Waals surface area contributed by atoms with E-state index in [0.717, 1.165) is 5.56 Å². The molecular weight excluding hydrogens is 255 g/mol. The van der Waals surface area contributed by atoms with Crippen molar-refractivity contribution in [3.05, 3.63) is 29.8 Å². The van der Waals surface area contributed by atoms with Crippen LogP contribution in [-0.4, -0.2) is 33.1 Å². The fraction of sp³-hybridized carbons (Fsp3) is 0.273. The number of hydrogen-bond donors (Lipinski definition) is 0. The molecule has 5 nitrogen and oxygen atoms in total. The normalized spacial score (nSPS) is 11.5. The van der Waals surface area contributed by atoms with Crippen LogP contribution in [0.4, 0.5) is 0 Å². The molecule has 0 unspecified atom stereocenters. The predicted octanol–water partition coefficient (Wildman–Crippen LogP) is 1.23. The molecule has 0 aliphatic rings. The van der Waals surface area contributed by atoms with E-state index in [0.29, 0.717) is 18.1 Å². The van der Waals surface area contributed by atoms with E-state index >= 15 is 0 Å². The van der Waals surface area contributed by atoms with Gasteiger partial charge in [-0.3, -0.25) is 8.42 Å². The van der Waals surface area contributed by atoms with Gasteiger partial charge in [0.1, 0.15) is 0 Å². The maximum Gasteiger partial charge on any atom is 0.307 e. The van der Waals surface area contributed by atoms with Crippen molar-refractivity contribution in [3.8, 4) is 11.5 Å². The fourth-order valence-corrected chi connectivity index (χ4v) is 1.54. The molecule has 0 aromatic heterocycles. The van der Waals surface area contributed by atoms with Gasteiger partial charge in [-0.25, -0.2) is 0 Å². The number of methoxy groups -OCH3 is 1. The quantitative estimate of drug-likeness (QED) is 0.573. The molecule has 0 fully saturated rings. The van der Waals surface area contributed by atoms with Gasteiger partial charge in [0.25, 0.3) is 0 Å². The summed E-state index contributed by atoms with van der Waals surface area (Å²) >= 11 is 0. The van der Waals surface area contributed by atoms with E-state index in [1.165, 1.54) is 7.11 Å². The average molecular weight is 268 g/mol. The third-order valence-corrected chi connectivity index (χ3v) is 2.60. The van der Waals surface area contributed by atoms with Gasteiger partial charge in [0.05, 0.1) is 13.6 Å². The number of ether oxygens (including phenoxy) is 2. The van der Waals surface area contributed by atoms with Crippen molar-refractivity contribution in [2.45, 2.75) is 6.92 Å². The Morgan fingerprint density at radius 1 is 1.39 bits per heavy atom. The zero-order chi connectivity index (χ0) is 13.6. The summed E-state index contributed by atoms with van der Waals surface area (Å²) in [5.41, 5.74) is 0.933. The molecule has 1 radical (unpaired) electrons. The Bertz CT molecular complexity index is 524. The van der Waals surface area contributed by atoms with E-state index < -0.39 is 9.97 Å². The zero-order valence-corrected chi connectivity index (χ0v) is 10.9. The zero-order valence-electron chi connectivity index (χ0n) is 10.1. The molecule has 0 amide bonds. The summed E-state index contributed by atoms with van der Waals surface area (Å²) in [5.74, 6) is 0.855. The SMILES string of the molecule is C/C=C/c1ccc(OC[B]S(=O)(=O)[O-])c(OC)c1. The van der Waals surface area contributed by atoms with Crippen LogP contribution in [0.5, 0.6) is 11.5 Å². The smallest absolute Gasteiger partial charge is 0.307 e. The summed E-state index contributed by atoms with van der Waals surface area (Å²) in [6.45, 7) is 2.14. The fourth-order valence-electron chi connectivity index (χ4n) is 1.31. The molecule has 1 aromatic carbocycles. The standard InChI is InChI=1S/C11H14BO5S/c1-3-4-9-5-6-10(11(7-9)16-2)17-8-12-18(13,14)15/h3-7H,8H2,1-2H3,(H,13,14,15)/p-1/b4-3+. The molecule has 0 spiro atoms. The Balaban J connectivity index is 2.76. The van der Waals surface area contributed by atoms with Crippen molar-refractivity contribution < 1.29 is 22.4 Å². The lowest BCUT2D eigenvalue weighted by Gasteiger charge is -2.11. The number of benzene rings is 1. The van der Waals surface area contributed by atoms with E-state index in [1.54, 1.807) is 18.2 Å². The van der Waals surface area contributed by atoms with Crippen LogP contribution in [0.2, 0.25) is 0 Å². The highest BCUT2D eigenvalue weighted by atomic mass is 32.2. The van der Waals surface area contributed by atoms with Crippen LogP contribution in [0.25, 0.3) is 6.08 Å². The van der Waals surface area contributed by atoms with Crippen molar-refractivity contribution in [3.63, 3.8) is 0 Å². The molecule has 97 valence electrons. The van der Waals surface area contributed by atoms with Gasteiger partial charge in [0.15, 0.2) is 11.5 Å². The molecule has 0 aliphatic heterocycles. The van der Waals surface area contributed by atoms with Gasteiger partial charge in [0, 0.05) is 9.97 Å². The van der Waals surface area contributed by atoms with Gasteiger partial charge in [-0.1, -0.05) is 18.2 Å². The molecule has 18 heavy (non-hydrogen) atoms. The third-order valence-electron chi connectivity index (χ3n) is 2.06. The van der Waals surface area contributed by atoms with E-state index in [2.05, 4.69) is 0 Å². The van der Waals surface area contributed by atoms with Gasteiger partial charge < -0.3 is 14.0 Å². The van der Waals surface area contributed by atoms with Crippen molar-refractivity contribution in [1.29, 1.82) is 0 Å². The van der Waals surface area contributed by atoms with Crippen LogP contribution >= 0.6 is 0 Å². The molecule has 1 rings (SSSR count). The predicted molar refractivity (Wildman–Crippen MR) is 68.6 cm³/mol. The van der Waals surface area contributed by atoms with Crippen molar-refractivity contribution in [1.82, 2.24) is 0 Å². The van der Waals surface area contributed by atoms with Crippen LogP contribution in [0.1, 0.15) is 12.5 Å². The second-order valence-electron chi connectivity index (χ2n) is 3.38. The lowest BCUT2D eigenvalue weighted by molar-refractivity contribution is 0.339. The molecule has 1 aromatic rings. The highest BCUT2D eigenvalue weighted by Crippen LogP contribution is 2.28. The Hall–Kier alpha value is -1.47. The summed E-state index contributed by atoms with van der Waals surface area (Å²) < 4.78 is 41.4. The van der Waals surface area contributed by atoms with Crippen LogP contribution in [0.3, 0.4) is 0 Å². The summed E-state index contributed by atoms with van der Waals surface area (Å²) in [4.78, 5) is 0. The Labute approximate surface area is 107 Å². The largest absolute Gasteiger partial charge is 0.758 e. The first-order chi connectivity index (χ1) is 8.46. The van der Waals surface area contributed by atoms with Crippen LogP contribution in [-0.2, 0) is 9.97 Å². The molecule has 0 bridgehead atoms. The minimum atomic E-state index is -4.38. The minimum Gasteiger partial charge on any atom is -0.758 e. The van der Waals surface area contributed by atoms with Crippen LogP contribution in [0, 0.1) is 0 Å². The second kappa shape index (κ2) is 6.46. The Kier molecular flexibility index (Phi) is 5.24. The van der Waals surface area contributed by atoms with E-state index in [-0.39, 0.29) is 6.51 Å². The molecule has 0 saturated heterocycles. The van der Waals surface area contributed by atoms with Crippen LogP contribution in [0.15, 0.2) is 24.3 Å². The molecule has 0 atom stereocenters. The molecule has 7 heteroatoms. The third kappa shape index (κ3) is 4.81. The van der Waals surface area contributed by atoms with Gasteiger partial charge in [-0.05, 0) is 24.6 Å². The van der Waals surface area contributed by atoms with Crippen molar-refractivity contribution in [2.75, 3.05) is 13.6 Å². The number of rotatable bonds is 6. The average Bonchev–Trinajstić information content (AvgIpc) is 2.29. The molecule has 0 saturated carbocycles. The highest BCUT2D eigenvalue weighted by molar-refractivity contribution is 8.10. The lowest BCUT2D eigenvalue weighted by atomic mass is 10.1. The molecule has 0 heterocycles. The summed E-state index contributed by atoms with van der Waals surface area (Å²) in [5, 5.41) is 0. The van der Waals surface area contributed by atoms with Gasteiger partial charge >= 0.3 is 6.56 Å². The van der Waals surface area contributed by atoms with Crippen LogP contribution < -0.4 is 9.47 Å². The van der Waals surface area contributed by atoms with Gasteiger partial charge in [0.2, 0.25) is 0 Å². The first kappa shape index (κ1) is 14.6. The van der Waals surface area contributed by atoms with Gasteiger partial charge in [-0.15, -0.1) is 0 Å². The van der Waals surface area contributed by atoms with Crippen molar-refractivity contribution >= 4 is 22.6 Å². The van der Waals surface area contributed by atoms with E-state index in [1.807, 2.05) is 19.1 Å². The molecule has 0 N–H and O–H groups in total. The highest BCUT2D eigenvalue weighted by Gasteiger charge is 2.07. The first-order valence-corrected chi connectivity index (χ1v) is 6.66. The lowest BCUT2D eigenvalue weighted by Crippen LogP contribution is -2.17. The molecular formula is C11H13BO5S-. The Morgan fingerprint density at radius 3 is 2.67 bits per heavy atom. The number of hydrogen-bond acceptors (Lipinski definition) is 5. The van der Waals surface area contributed by atoms with E-state index in [9.17, 15) is 13.0 Å². The van der Waals surface area contributed by atoms with E-state index in [4.69, 9.17) is 9.47 Å². The Morgan fingerprint density at radius 2 is 2.11 bits per heavy atom. The maximum atomic E-state index is 10.4. The summed E-state index contributed by atoms with van der Waals surface area (Å²) in [7, 11) is -2.90. The topological polar surface area (TPSA) is 75.7 Å². The second-order valence-corrected chi connectivity index (χ2v) is 4.70. The summed E-state index contributed by atoms with van der Waals surface area (Å²) in [6, 6.07) is 5.20. The maximum absolute atomic E-state index is 10.4. The minimum absolute atomic E-state index is 0.314. The monoisotopic (exact) mass is 268 g/mol. The number of allylic oxidation sites excluding steroid dienone is 1. The molecule has 0 aliphatic carbocycles.